The molecule has 0 aliphatic heterocycles. The van der Waals surface area contributed by atoms with Crippen LogP contribution in [-0.2, 0) is 6.42 Å². The zero-order valence-corrected chi connectivity index (χ0v) is 21.9. The molecule has 0 saturated heterocycles. The van der Waals surface area contributed by atoms with Gasteiger partial charge in [0.15, 0.2) is 5.82 Å². The number of nitrogens with zero attached hydrogens (tertiary/aromatic N) is 2. The van der Waals surface area contributed by atoms with Crippen molar-refractivity contribution in [3.05, 3.63) is 42.2 Å². The van der Waals surface area contributed by atoms with E-state index in [1.54, 1.807) is 0 Å². The Morgan fingerprint density at radius 2 is 1.35 bits per heavy atom. The second-order valence-electron chi connectivity index (χ2n) is 9.79. The van der Waals surface area contributed by atoms with Crippen molar-refractivity contribution < 1.29 is 9.13 Å². The van der Waals surface area contributed by atoms with Crippen LogP contribution in [0, 0.1) is 5.92 Å². The van der Waals surface area contributed by atoms with Gasteiger partial charge in [0.25, 0.3) is 0 Å². The largest absolute Gasteiger partial charge is 0.493 e. The Balaban J connectivity index is 1.63. The van der Waals surface area contributed by atoms with Crippen molar-refractivity contribution in [3.63, 3.8) is 0 Å². The summed E-state index contributed by atoms with van der Waals surface area (Å²) in [4.78, 5) is 9.13. The summed E-state index contributed by atoms with van der Waals surface area (Å²) in [6.45, 7) is 6.75. The molecule has 2 unspecified atom stereocenters. The molecule has 1 aromatic carbocycles. The maximum Gasteiger partial charge on any atom is 0.159 e. The minimum Gasteiger partial charge on any atom is -0.493 e. The lowest BCUT2D eigenvalue weighted by Crippen LogP contribution is -2.16. The van der Waals surface area contributed by atoms with E-state index in [9.17, 15) is 4.39 Å². The first-order valence-electron chi connectivity index (χ1n) is 13.8. The zero-order valence-electron chi connectivity index (χ0n) is 21.9. The molecular weight excluding hydrogens is 423 g/mol. The number of alkyl halides is 1. The Bertz CT molecular complexity index is 747. The number of halogens is 1. The third-order valence-corrected chi connectivity index (χ3v) is 6.66. The number of aromatic nitrogens is 2. The van der Waals surface area contributed by atoms with Crippen LogP contribution in [0.2, 0.25) is 0 Å². The van der Waals surface area contributed by atoms with Crippen LogP contribution < -0.4 is 4.74 Å². The van der Waals surface area contributed by atoms with Crippen molar-refractivity contribution in [2.75, 3.05) is 6.61 Å². The Kier molecular flexibility index (Phi) is 14.5. The molecule has 0 spiro atoms. The standard InChI is InChI=1S/C30H47FN2O/c1-4-6-7-8-9-10-11-12-13-14-16-26-23-32-30(33-24-26)27-17-19-28(20-18-27)34-22-21-29(31)25(3)15-5-2/h17-20,23-25,29H,4-16,21-22H2,1-3H3. The Hall–Kier alpha value is -1.97. The van der Waals surface area contributed by atoms with Crippen LogP contribution in [0.4, 0.5) is 4.39 Å². The molecule has 0 amide bonds. The summed E-state index contributed by atoms with van der Waals surface area (Å²) in [5.74, 6) is 1.59. The molecule has 2 aromatic rings. The Morgan fingerprint density at radius 3 is 1.94 bits per heavy atom. The van der Waals surface area contributed by atoms with Gasteiger partial charge in [0, 0.05) is 24.4 Å². The summed E-state index contributed by atoms with van der Waals surface area (Å²) in [5, 5.41) is 0. The number of hydrogen-bond acceptors (Lipinski definition) is 3. The van der Waals surface area contributed by atoms with Gasteiger partial charge in [0.05, 0.1) is 6.61 Å². The van der Waals surface area contributed by atoms with Gasteiger partial charge in [-0.1, -0.05) is 85.0 Å². The van der Waals surface area contributed by atoms with E-state index in [2.05, 4.69) is 23.8 Å². The van der Waals surface area contributed by atoms with Gasteiger partial charge >= 0.3 is 0 Å². The van der Waals surface area contributed by atoms with Gasteiger partial charge in [0.1, 0.15) is 11.9 Å². The average molecular weight is 471 g/mol. The van der Waals surface area contributed by atoms with Crippen LogP contribution in [0.15, 0.2) is 36.7 Å². The average Bonchev–Trinajstić information content (AvgIpc) is 2.86. The summed E-state index contributed by atoms with van der Waals surface area (Å²) < 4.78 is 19.8. The number of benzene rings is 1. The fourth-order valence-corrected chi connectivity index (χ4v) is 4.36. The normalized spacial score (nSPS) is 13.1. The van der Waals surface area contributed by atoms with Crippen LogP contribution in [0.25, 0.3) is 11.4 Å². The van der Waals surface area contributed by atoms with Crippen LogP contribution in [0.5, 0.6) is 5.75 Å². The van der Waals surface area contributed by atoms with E-state index in [1.807, 2.05) is 43.6 Å². The highest BCUT2D eigenvalue weighted by Gasteiger charge is 2.15. The first-order chi connectivity index (χ1) is 16.6. The second-order valence-corrected chi connectivity index (χ2v) is 9.79. The van der Waals surface area contributed by atoms with Gasteiger partial charge in [-0.05, 0) is 55.0 Å². The van der Waals surface area contributed by atoms with Crippen LogP contribution in [-0.4, -0.2) is 22.7 Å². The molecule has 0 aliphatic carbocycles. The molecule has 190 valence electrons. The molecule has 0 radical (unpaired) electrons. The lowest BCUT2D eigenvalue weighted by molar-refractivity contribution is 0.178. The first-order valence-corrected chi connectivity index (χ1v) is 13.8. The van der Waals surface area contributed by atoms with Gasteiger partial charge in [-0.3, -0.25) is 0 Å². The molecule has 2 atom stereocenters. The lowest BCUT2D eigenvalue weighted by atomic mass is 9.99. The van der Waals surface area contributed by atoms with E-state index in [-0.39, 0.29) is 5.92 Å². The summed E-state index contributed by atoms with van der Waals surface area (Å²) in [7, 11) is 0. The highest BCUT2D eigenvalue weighted by molar-refractivity contribution is 5.55. The van der Waals surface area contributed by atoms with E-state index in [4.69, 9.17) is 4.74 Å². The fourth-order valence-electron chi connectivity index (χ4n) is 4.36. The number of aryl methyl sites for hydroxylation is 1. The van der Waals surface area contributed by atoms with Crippen molar-refractivity contribution in [2.24, 2.45) is 5.92 Å². The minimum atomic E-state index is -0.800. The summed E-state index contributed by atoms with van der Waals surface area (Å²) in [5.41, 5.74) is 2.18. The Labute approximate surface area is 208 Å². The third kappa shape index (κ3) is 11.4. The van der Waals surface area contributed by atoms with Crippen molar-refractivity contribution in [1.29, 1.82) is 0 Å². The highest BCUT2D eigenvalue weighted by atomic mass is 19.1. The number of ether oxygens (including phenoxy) is 1. The lowest BCUT2D eigenvalue weighted by Gasteiger charge is -2.16. The fraction of sp³-hybridized carbons (Fsp3) is 0.667. The molecule has 0 fully saturated rings. The van der Waals surface area contributed by atoms with Gasteiger partial charge in [-0.25, -0.2) is 14.4 Å². The molecule has 2 rings (SSSR count). The van der Waals surface area contributed by atoms with E-state index in [0.717, 1.165) is 36.4 Å². The molecule has 0 saturated carbocycles. The minimum absolute atomic E-state index is 0.0983. The first kappa shape index (κ1) is 28.3. The van der Waals surface area contributed by atoms with Crippen LogP contribution in [0.3, 0.4) is 0 Å². The van der Waals surface area contributed by atoms with Crippen LogP contribution >= 0.6 is 0 Å². The van der Waals surface area contributed by atoms with E-state index in [0.29, 0.717) is 13.0 Å². The summed E-state index contributed by atoms with van der Waals surface area (Å²) >= 11 is 0. The smallest absolute Gasteiger partial charge is 0.159 e. The quantitative estimate of drug-likeness (QED) is 0.192. The molecular formula is C30H47FN2O. The van der Waals surface area contributed by atoms with Crippen molar-refractivity contribution in [2.45, 2.75) is 117 Å². The predicted octanol–water partition coefficient (Wildman–Crippen LogP) is 9.15. The van der Waals surface area contributed by atoms with Crippen LogP contribution in [0.1, 0.15) is 110 Å². The highest BCUT2D eigenvalue weighted by Crippen LogP contribution is 2.21. The summed E-state index contributed by atoms with van der Waals surface area (Å²) in [6, 6.07) is 7.77. The molecule has 1 heterocycles. The maximum absolute atomic E-state index is 14.1. The maximum atomic E-state index is 14.1. The number of hydrogen-bond donors (Lipinski definition) is 0. The Morgan fingerprint density at radius 1 is 0.765 bits per heavy atom. The second kappa shape index (κ2) is 17.5. The SMILES string of the molecule is CCCCCCCCCCCCc1cnc(-c2ccc(OCCC(F)C(C)CCC)cc2)nc1. The van der Waals surface area contributed by atoms with Gasteiger partial charge in [0.2, 0.25) is 0 Å². The molecule has 34 heavy (non-hydrogen) atoms. The molecule has 1 aromatic heterocycles. The molecule has 0 aliphatic rings. The topological polar surface area (TPSA) is 35.0 Å². The van der Waals surface area contributed by atoms with Crippen molar-refractivity contribution >= 4 is 0 Å². The van der Waals surface area contributed by atoms with E-state index < -0.39 is 6.17 Å². The molecule has 0 bridgehead atoms. The van der Waals surface area contributed by atoms with E-state index >= 15 is 0 Å². The predicted molar refractivity (Wildman–Crippen MR) is 142 cm³/mol. The molecule has 3 nitrogen and oxygen atoms in total. The summed E-state index contributed by atoms with van der Waals surface area (Å²) in [6.07, 6.45) is 20.1. The molecule has 4 heteroatoms. The van der Waals surface area contributed by atoms with E-state index in [1.165, 1.54) is 69.8 Å². The number of unbranched alkanes of at least 4 members (excludes halogenated alkanes) is 9. The zero-order chi connectivity index (χ0) is 24.4. The van der Waals surface area contributed by atoms with Gasteiger partial charge in [-0.2, -0.15) is 0 Å². The van der Waals surface area contributed by atoms with Crippen molar-refractivity contribution in [3.8, 4) is 17.1 Å². The monoisotopic (exact) mass is 470 g/mol. The number of rotatable bonds is 19. The third-order valence-electron chi connectivity index (χ3n) is 6.66. The van der Waals surface area contributed by atoms with Crippen molar-refractivity contribution in [1.82, 2.24) is 9.97 Å². The van der Waals surface area contributed by atoms with Gasteiger partial charge < -0.3 is 4.74 Å². The molecule has 0 N–H and O–H groups in total. The van der Waals surface area contributed by atoms with Gasteiger partial charge in [-0.15, -0.1) is 0 Å².